The van der Waals surface area contributed by atoms with Crippen LogP contribution in [0.4, 0.5) is 0 Å². The van der Waals surface area contributed by atoms with Gasteiger partial charge in [-0.3, -0.25) is 9.89 Å². The molecule has 3 N–H and O–H groups in total. The highest BCUT2D eigenvalue weighted by Crippen LogP contribution is 2.46. The number of aromatic amines is 1. The third kappa shape index (κ3) is 3.29. The number of fused-ring (bicyclic) bond motifs is 1. The number of benzene rings is 2. The normalized spacial score (nSPS) is 15.3. The van der Waals surface area contributed by atoms with Crippen molar-refractivity contribution in [3.63, 3.8) is 0 Å². The Morgan fingerprint density at radius 2 is 1.87 bits per heavy atom. The summed E-state index contributed by atoms with van der Waals surface area (Å²) < 4.78 is 10.8. The molecular formula is C23H25N3O5. The van der Waals surface area contributed by atoms with Crippen molar-refractivity contribution in [2.45, 2.75) is 19.9 Å². The molecule has 3 aromatic rings. The van der Waals surface area contributed by atoms with Crippen LogP contribution in [0.5, 0.6) is 17.2 Å². The SMILES string of the molecule is COc1ccc(C2c3c(-c4cc(C)cc(C)c4O)n[nH]c3C(=O)N2CCO)cc1OC. The quantitative estimate of drug-likeness (QED) is 0.563. The Kier molecular flexibility index (Phi) is 5.32. The molecule has 1 amide bonds. The molecule has 162 valence electrons. The van der Waals surface area contributed by atoms with Crippen molar-refractivity contribution >= 4 is 5.91 Å². The summed E-state index contributed by atoms with van der Waals surface area (Å²) in [6.07, 6.45) is 0. The lowest BCUT2D eigenvalue weighted by Gasteiger charge is -2.26. The van der Waals surface area contributed by atoms with Gasteiger partial charge in [0.05, 0.1) is 26.9 Å². The maximum absolute atomic E-state index is 13.1. The zero-order chi connectivity index (χ0) is 22.3. The summed E-state index contributed by atoms with van der Waals surface area (Å²) in [5, 5.41) is 27.6. The highest BCUT2D eigenvalue weighted by molar-refractivity contribution is 6.00. The number of methoxy groups -OCH3 is 2. The molecule has 8 nitrogen and oxygen atoms in total. The third-order valence-corrected chi connectivity index (χ3v) is 5.63. The maximum Gasteiger partial charge on any atom is 0.273 e. The van der Waals surface area contributed by atoms with Crippen molar-refractivity contribution in [1.82, 2.24) is 15.1 Å². The minimum atomic E-state index is -0.511. The number of carbonyl (C=O) groups is 1. The highest BCUT2D eigenvalue weighted by Gasteiger charge is 2.42. The second-order valence-corrected chi connectivity index (χ2v) is 7.58. The van der Waals surface area contributed by atoms with Gasteiger partial charge in [0.25, 0.3) is 5.91 Å². The molecule has 1 unspecified atom stereocenters. The van der Waals surface area contributed by atoms with Crippen LogP contribution < -0.4 is 9.47 Å². The number of nitrogens with one attached hydrogen (secondary N) is 1. The largest absolute Gasteiger partial charge is 0.507 e. The number of carbonyl (C=O) groups excluding carboxylic acids is 1. The molecule has 0 saturated heterocycles. The summed E-state index contributed by atoms with van der Waals surface area (Å²) in [7, 11) is 3.11. The average Bonchev–Trinajstić information content (AvgIpc) is 3.30. The Hall–Kier alpha value is -3.52. The second kappa shape index (κ2) is 7.96. The van der Waals surface area contributed by atoms with Crippen LogP contribution in [-0.2, 0) is 0 Å². The van der Waals surface area contributed by atoms with Gasteiger partial charge < -0.3 is 24.6 Å². The molecule has 0 aliphatic carbocycles. The van der Waals surface area contributed by atoms with Crippen molar-refractivity contribution in [2.24, 2.45) is 0 Å². The molecule has 2 heterocycles. The number of nitrogens with zero attached hydrogens (tertiary/aromatic N) is 2. The Morgan fingerprint density at radius 1 is 1.13 bits per heavy atom. The molecule has 0 bridgehead atoms. The second-order valence-electron chi connectivity index (χ2n) is 7.58. The highest BCUT2D eigenvalue weighted by atomic mass is 16.5. The molecule has 1 aromatic heterocycles. The first-order valence-electron chi connectivity index (χ1n) is 9.93. The van der Waals surface area contributed by atoms with E-state index in [1.807, 2.05) is 38.1 Å². The number of rotatable bonds is 6. The molecule has 0 radical (unpaired) electrons. The molecule has 1 aliphatic heterocycles. The number of aliphatic hydroxyl groups is 1. The lowest BCUT2D eigenvalue weighted by molar-refractivity contribution is 0.0706. The topological polar surface area (TPSA) is 108 Å². The van der Waals surface area contributed by atoms with Crippen LogP contribution in [0.25, 0.3) is 11.3 Å². The summed E-state index contributed by atoms with van der Waals surface area (Å²) in [4.78, 5) is 14.7. The first-order valence-corrected chi connectivity index (χ1v) is 9.93. The van der Waals surface area contributed by atoms with Crippen LogP contribution in [0.2, 0.25) is 0 Å². The summed E-state index contributed by atoms with van der Waals surface area (Å²) >= 11 is 0. The van der Waals surface area contributed by atoms with Gasteiger partial charge in [0.2, 0.25) is 0 Å². The molecule has 2 aromatic carbocycles. The number of β-amino-alcohol motifs (C(OH)–C–C–N with tert-alkyl or cyclic N) is 1. The van der Waals surface area contributed by atoms with Crippen molar-refractivity contribution < 1.29 is 24.5 Å². The Morgan fingerprint density at radius 3 is 2.55 bits per heavy atom. The van der Waals surface area contributed by atoms with Crippen LogP contribution >= 0.6 is 0 Å². The number of aryl methyl sites for hydroxylation is 2. The molecule has 31 heavy (non-hydrogen) atoms. The summed E-state index contributed by atoms with van der Waals surface area (Å²) in [6.45, 7) is 3.74. The third-order valence-electron chi connectivity index (χ3n) is 5.63. The van der Waals surface area contributed by atoms with Gasteiger partial charge in [0.15, 0.2) is 11.5 Å². The van der Waals surface area contributed by atoms with Crippen molar-refractivity contribution in [3.05, 3.63) is 58.3 Å². The Labute approximate surface area is 180 Å². The van der Waals surface area contributed by atoms with E-state index in [2.05, 4.69) is 10.2 Å². The van der Waals surface area contributed by atoms with Crippen molar-refractivity contribution in [2.75, 3.05) is 27.4 Å². The van der Waals surface area contributed by atoms with E-state index in [1.54, 1.807) is 25.2 Å². The zero-order valence-corrected chi connectivity index (χ0v) is 17.9. The van der Waals surface area contributed by atoms with Crippen LogP contribution in [0, 0.1) is 13.8 Å². The summed E-state index contributed by atoms with van der Waals surface area (Å²) in [5.41, 5.74) is 4.55. The molecule has 0 saturated carbocycles. The zero-order valence-electron chi connectivity index (χ0n) is 17.9. The van der Waals surface area contributed by atoms with Gasteiger partial charge >= 0.3 is 0 Å². The molecule has 8 heteroatoms. The van der Waals surface area contributed by atoms with E-state index >= 15 is 0 Å². The van der Waals surface area contributed by atoms with Gasteiger partial charge in [-0.2, -0.15) is 5.10 Å². The predicted molar refractivity (Wildman–Crippen MR) is 115 cm³/mol. The number of hydrogen-bond acceptors (Lipinski definition) is 6. The first-order chi connectivity index (χ1) is 14.9. The molecule has 4 rings (SSSR count). The number of amides is 1. The minimum absolute atomic E-state index is 0.124. The van der Waals surface area contributed by atoms with Crippen LogP contribution in [-0.4, -0.2) is 58.6 Å². The van der Waals surface area contributed by atoms with Gasteiger partial charge in [0, 0.05) is 17.7 Å². The fraction of sp³-hybridized carbons (Fsp3) is 0.304. The van der Waals surface area contributed by atoms with E-state index in [-0.39, 0.29) is 24.8 Å². The van der Waals surface area contributed by atoms with E-state index in [0.717, 1.165) is 16.7 Å². The van der Waals surface area contributed by atoms with Crippen molar-refractivity contribution in [3.8, 4) is 28.5 Å². The molecule has 1 atom stereocenters. The fourth-order valence-electron chi connectivity index (χ4n) is 4.25. The lowest BCUT2D eigenvalue weighted by atomic mass is 9.94. The molecule has 0 fully saturated rings. The summed E-state index contributed by atoms with van der Waals surface area (Å²) in [6, 6.07) is 8.68. The van der Waals surface area contributed by atoms with Crippen molar-refractivity contribution in [1.29, 1.82) is 0 Å². The van der Waals surface area contributed by atoms with E-state index in [9.17, 15) is 15.0 Å². The lowest BCUT2D eigenvalue weighted by Crippen LogP contribution is -2.32. The number of aromatic nitrogens is 2. The van der Waals surface area contributed by atoms with Gasteiger partial charge in [-0.25, -0.2) is 0 Å². The number of ether oxygens (including phenoxy) is 2. The van der Waals surface area contributed by atoms with E-state index < -0.39 is 6.04 Å². The fourth-order valence-corrected chi connectivity index (χ4v) is 4.25. The number of H-pyrrole nitrogens is 1. The van der Waals surface area contributed by atoms with E-state index in [4.69, 9.17) is 9.47 Å². The molecular weight excluding hydrogens is 398 g/mol. The van der Waals surface area contributed by atoms with E-state index in [0.29, 0.717) is 34.0 Å². The first kappa shape index (κ1) is 20.7. The Balaban J connectivity index is 1.94. The van der Waals surface area contributed by atoms with Crippen LogP contribution in [0.3, 0.4) is 0 Å². The number of hydrogen-bond donors (Lipinski definition) is 3. The van der Waals surface area contributed by atoms with E-state index in [1.165, 1.54) is 0 Å². The standard InChI is InChI=1S/C23H25N3O5/c1-12-9-13(2)22(28)15(10-12)19-18-20(25-24-19)23(29)26(7-8-27)21(18)14-5-6-16(30-3)17(11-14)31-4/h5-6,9-11,21,27-28H,7-8H2,1-4H3,(H,24,25). The van der Waals surface area contributed by atoms with Crippen LogP contribution in [0.1, 0.15) is 38.8 Å². The minimum Gasteiger partial charge on any atom is -0.507 e. The van der Waals surface area contributed by atoms with Gasteiger partial charge in [0.1, 0.15) is 17.1 Å². The number of aromatic hydroxyl groups is 1. The van der Waals surface area contributed by atoms with Gasteiger partial charge in [-0.05, 0) is 48.7 Å². The molecule has 0 spiro atoms. The van der Waals surface area contributed by atoms with Crippen LogP contribution in [0.15, 0.2) is 30.3 Å². The summed E-state index contributed by atoms with van der Waals surface area (Å²) in [5.74, 6) is 0.971. The number of aliphatic hydroxyl groups excluding tert-OH is 1. The Bertz CT molecular complexity index is 1150. The van der Waals surface area contributed by atoms with Gasteiger partial charge in [-0.1, -0.05) is 12.1 Å². The predicted octanol–water partition coefficient (Wildman–Crippen LogP) is 2.95. The van der Waals surface area contributed by atoms with Gasteiger partial charge in [-0.15, -0.1) is 0 Å². The molecule has 1 aliphatic rings. The smallest absolute Gasteiger partial charge is 0.273 e. The average molecular weight is 423 g/mol. The maximum atomic E-state index is 13.1. The number of phenols is 1. The number of phenolic OH excluding ortho intramolecular Hbond substituents is 1. The monoisotopic (exact) mass is 423 g/mol.